The zero-order chi connectivity index (χ0) is 11.9. The van der Waals surface area contributed by atoms with Crippen LogP contribution in [0.1, 0.15) is 0 Å². The van der Waals surface area contributed by atoms with Gasteiger partial charge in [-0.15, -0.1) is 0 Å². The van der Waals surface area contributed by atoms with Crippen molar-refractivity contribution >= 4 is 5.82 Å². The number of H-pyrrole nitrogens is 1. The van der Waals surface area contributed by atoms with E-state index in [9.17, 15) is 17.6 Å². The molecule has 0 spiro atoms. The monoisotopic (exact) mass is 231 g/mol. The predicted octanol–water partition coefficient (Wildman–Crippen LogP) is 2.22. The molecule has 0 saturated carbocycles. The zero-order valence-electron chi connectivity index (χ0n) is 7.69. The minimum Gasteiger partial charge on any atom is -0.382 e. The van der Waals surface area contributed by atoms with Crippen LogP contribution in [0.25, 0.3) is 11.3 Å². The number of nitrogens with two attached hydrogens (primary N) is 1. The third kappa shape index (κ3) is 1.50. The molecule has 0 aliphatic carbocycles. The smallest absolute Gasteiger partial charge is 0.171 e. The summed E-state index contributed by atoms with van der Waals surface area (Å²) in [4.78, 5) is 0. The summed E-state index contributed by atoms with van der Waals surface area (Å²) >= 11 is 0. The second-order valence-corrected chi connectivity index (χ2v) is 3.05. The molecule has 1 aromatic heterocycles. The van der Waals surface area contributed by atoms with Gasteiger partial charge in [0.2, 0.25) is 0 Å². The lowest BCUT2D eigenvalue weighted by Crippen LogP contribution is -1.98. The molecular weight excluding hydrogens is 226 g/mol. The van der Waals surface area contributed by atoms with Crippen LogP contribution in [0.15, 0.2) is 12.1 Å². The van der Waals surface area contributed by atoms with E-state index in [0.717, 1.165) is 6.07 Å². The molecule has 7 heteroatoms. The first-order valence-electron chi connectivity index (χ1n) is 4.15. The maximum atomic E-state index is 13.3. The van der Waals surface area contributed by atoms with Gasteiger partial charge in [0.15, 0.2) is 23.3 Å². The lowest BCUT2D eigenvalue weighted by atomic mass is 10.1. The van der Waals surface area contributed by atoms with Crippen LogP contribution in [-0.4, -0.2) is 10.2 Å². The summed E-state index contributed by atoms with van der Waals surface area (Å²) in [5.41, 5.74) is 4.13. The van der Waals surface area contributed by atoms with E-state index in [2.05, 4.69) is 10.2 Å². The third-order valence-corrected chi connectivity index (χ3v) is 1.98. The number of nitrogens with zero attached hydrogens (tertiary/aromatic N) is 1. The van der Waals surface area contributed by atoms with E-state index in [1.807, 2.05) is 0 Å². The van der Waals surface area contributed by atoms with E-state index in [1.165, 1.54) is 0 Å². The van der Waals surface area contributed by atoms with Crippen molar-refractivity contribution < 1.29 is 17.6 Å². The van der Waals surface area contributed by atoms with Crippen molar-refractivity contribution in [3.8, 4) is 11.3 Å². The van der Waals surface area contributed by atoms with E-state index in [4.69, 9.17) is 5.73 Å². The molecule has 0 saturated heterocycles. The molecule has 0 bridgehead atoms. The molecule has 0 aliphatic heterocycles. The average Bonchev–Trinajstić information content (AvgIpc) is 2.62. The van der Waals surface area contributed by atoms with Crippen molar-refractivity contribution in [2.75, 3.05) is 5.73 Å². The predicted molar refractivity (Wildman–Crippen MR) is 48.3 cm³/mol. The molecule has 0 unspecified atom stereocenters. The lowest BCUT2D eigenvalue weighted by Gasteiger charge is -2.03. The van der Waals surface area contributed by atoms with Gasteiger partial charge in [-0.2, -0.15) is 5.10 Å². The van der Waals surface area contributed by atoms with Crippen molar-refractivity contribution in [3.05, 3.63) is 35.4 Å². The van der Waals surface area contributed by atoms with Gasteiger partial charge in [-0.3, -0.25) is 5.10 Å². The molecule has 3 N–H and O–H groups in total. The van der Waals surface area contributed by atoms with Gasteiger partial charge in [0.05, 0.1) is 11.3 Å². The quantitative estimate of drug-likeness (QED) is 0.584. The topological polar surface area (TPSA) is 54.7 Å². The highest BCUT2D eigenvalue weighted by Gasteiger charge is 2.21. The highest BCUT2D eigenvalue weighted by Crippen LogP contribution is 2.28. The number of hydrogen-bond acceptors (Lipinski definition) is 2. The van der Waals surface area contributed by atoms with E-state index in [1.54, 1.807) is 0 Å². The molecule has 0 atom stereocenters. The van der Waals surface area contributed by atoms with Gasteiger partial charge in [0, 0.05) is 12.1 Å². The molecule has 0 amide bonds. The van der Waals surface area contributed by atoms with Crippen LogP contribution >= 0.6 is 0 Å². The van der Waals surface area contributed by atoms with E-state index in [-0.39, 0.29) is 17.6 Å². The van der Waals surface area contributed by atoms with Crippen LogP contribution in [0.2, 0.25) is 0 Å². The summed E-state index contributed by atoms with van der Waals surface area (Å²) in [7, 11) is 0. The number of aromatic nitrogens is 2. The number of anilines is 1. The summed E-state index contributed by atoms with van der Waals surface area (Å²) in [6.07, 6.45) is 0. The fourth-order valence-electron chi connectivity index (χ4n) is 1.27. The van der Waals surface area contributed by atoms with Crippen molar-refractivity contribution in [2.24, 2.45) is 0 Å². The van der Waals surface area contributed by atoms with E-state index < -0.39 is 28.8 Å². The summed E-state index contributed by atoms with van der Waals surface area (Å²) in [6, 6.07) is 1.20. The molecular formula is C9H5F4N3. The van der Waals surface area contributed by atoms with Crippen LogP contribution in [-0.2, 0) is 0 Å². The Morgan fingerprint density at radius 3 is 2.00 bits per heavy atom. The number of benzene rings is 1. The zero-order valence-corrected chi connectivity index (χ0v) is 7.69. The van der Waals surface area contributed by atoms with Crippen molar-refractivity contribution in [3.63, 3.8) is 0 Å². The van der Waals surface area contributed by atoms with E-state index >= 15 is 0 Å². The number of aromatic amines is 1. The number of rotatable bonds is 1. The van der Waals surface area contributed by atoms with Crippen LogP contribution in [0, 0.1) is 23.3 Å². The largest absolute Gasteiger partial charge is 0.382 e. The van der Waals surface area contributed by atoms with Crippen molar-refractivity contribution in [1.29, 1.82) is 0 Å². The maximum absolute atomic E-state index is 13.3. The van der Waals surface area contributed by atoms with Crippen molar-refractivity contribution in [2.45, 2.75) is 0 Å². The van der Waals surface area contributed by atoms with Gasteiger partial charge < -0.3 is 5.73 Å². The lowest BCUT2D eigenvalue weighted by molar-refractivity contribution is 0.458. The molecule has 3 nitrogen and oxygen atoms in total. The Hall–Kier alpha value is -2.05. The van der Waals surface area contributed by atoms with Gasteiger partial charge >= 0.3 is 0 Å². The Labute approximate surface area is 86.9 Å². The Balaban J connectivity index is 2.73. The SMILES string of the molecule is Nc1cc(-c2c(F)c(F)cc(F)c2F)[nH]n1. The molecule has 84 valence electrons. The maximum Gasteiger partial charge on any atom is 0.171 e. The van der Waals surface area contributed by atoms with Crippen LogP contribution in [0.4, 0.5) is 23.4 Å². The van der Waals surface area contributed by atoms with Gasteiger partial charge in [0.25, 0.3) is 0 Å². The standard InChI is InChI=1S/C9H5F4N3/c10-3-1-4(11)9(13)7(8(3)12)5-2-6(14)16-15-5/h1-2H,(H3,14,15,16). The van der Waals surface area contributed by atoms with Gasteiger partial charge in [-0.05, 0) is 0 Å². The third-order valence-electron chi connectivity index (χ3n) is 1.98. The second-order valence-electron chi connectivity index (χ2n) is 3.05. The molecule has 0 fully saturated rings. The minimum absolute atomic E-state index is 0.0431. The highest BCUT2D eigenvalue weighted by molar-refractivity contribution is 5.63. The Kier molecular flexibility index (Phi) is 2.30. The number of hydrogen-bond donors (Lipinski definition) is 2. The van der Waals surface area contributed by atoms with Crippen LogP contribution < -0.4 is 5.73 Å². The second kappa shape index (κ2) is 3.51. The van der Waals surface area contributed by atoms with Crippen LogP contribution in [0.3, 0.4) is 0 Å². The summed E-state index contributed by atoms with van der Waals surface area (Å²) in [5, 5.41) is 5.58. The first-order valence-corrected chi connectivity index (χ1v) is 4.15. The Morgan fingerprint density at radius 1 is 1.00 bits per heavy atom. The normalized spacial score (nSPS) is 10.8. The molecule has 2 aromatic rings. The molecule has 0 aliphatic rings. The minimum atomic E-state index is -1.50. The Bertz CT molecular complexity index is 524. The van der Waals surface area contributed by atoms with Gasteiger partial charge in [-0.25, -0.2) is 17.6 Å². The summed E-state index contributed by atoms with van der Waals surface area (Å²) < 4.78 is 52.3. The summed E-state index contributed by atoms with van der Waals surface area (Å²) in [5.74, 6) is -6.01. The summed E-state index contributed by atoms with van der Waals surface area (Å²) in [6.45, 7) is 0. The van der Waals surface area contributed by atoms with Gasteiger partial charge in [-0.1, -0.05) is 0 Å². The number of nitrogens with one attached hydrogen (secondary N) is 1. The van der Waals surface area contributed by atoms with Gasteiger partial charge in [0.1, 0.15) is 5.82 Å². The fraction of sp³-hybridized carbons (Fsp3) is 0. The Morgan fingerprint density at radius 2 is 1.56 bits per heavy atom. The van der Waals surface area contributed by atoms with Crippen LogP contribution in [0.5, 0.6) is 0 Å². The first-order chi connectivity index (χ1) is 7.50. The van der Waals surface area contributed by atoms with E-state index in [0.29, 0.717) is 0 Å². The average molecular weight is 231 g/mol. The highest BCUT2D eigenvalue weighted by atomic mass is 19.2. The molecule has 0 radical (unpaired) electrons. The molecule has 1 heterocycles. The number of nitrogen functional groups attached to an aromatic ring is 1. The molecule has 1 aromatic carbocycles. The number of halogens is 4. The fourth-order valence-corrected chi connectivity index (χ4v) is 1.27. The first kappa shape index (κ1) is 10.5. The van der Waals surface area contributed by atoms with Crippen molar-refractivity contribution in [1.82, 2.24) is 10.2 Å². The molecule has 16 heavy (non-hydrogen) atoms. The molecule has 2 rings (SSSR count).